The molecule has 1 unspecified atom stereocenters. The maximum atomic E-state index is 10.9. The fourth-order valence-corrected chi connectivity index (χ4v) is 1.54. The Hall–Kier alpha value is -1.35. The molecule has 0 radical (unpaired) electrons. The number of hydrogen-bond acceptors (Lipinski definition) is 2. The van der Waals surface area contributed by atoms with E-state index in [4.69, 9.17) is 5.73 Å². The number of nitrogens with two attached hydrogens (primary N) is 1. The Labute approximate surface area is 90.7 Å². The Morgan fingerprint density at radius 3 is 2.87 bits per heavy atom. The molecule has 1 aromatic carbocycles. The van der Waals surface area contributed by atoms with Crippen molar-refractivity contribution in [3.8, 4) is 0 Å². The monoisotopic (exact) mass is 206 g/mol. The van der Waals surface area contributed by atoms with E-state index in [0.29, 0.717) is 12.5 Å². The first-order valence-electron chi connectivity index (χ1n) is 5.21. The van der Waals surface area contributed by atoms with E-state index in [0.717, 1.165) is 12.1 Å². The molecule has 0 saturated heterocycles. The van der Waals surface area contributed by atoms with E-state index in [1.54, 1.807) is 0 Å². The summed E-state index contributed by atoms with van der Waals surface area (Å²) in [6.45, 7) is 4.33. The SMILES string of the molecule is CC(=O)Nc1cccc(C(C)CCN)c1. The molecule has 82 valence electrons. The summed E-state index contributed by atoms with van der Waals surface area (Å²) < 4.78 is 0. The molecule has 0 fully saturated rings. The van der Waals surface area contributed by atoms with Gasteiger partial charge in [-0.1, -0.05) is 19.1 Å². The van der Waals surface area contributed by atoms with Gasteiger partial charge in [0.15, 0.2) is 0 Å². The summed E-state index contributed by atoms with van der Waals surface area (Å²) in [4.78, 5) is 10.9. The summed E-state index contributed by atoms with van der Waals surface area (Å²) in [5.74, 6) is 0.391. The molecular formula is C12H18N2O. The highest BCUT2D eigenvalue weighted by Crippen LogP contribution is 2.21. The van der Waals surface area contributed by atoms with Gasteiger partial charge in [0, 0.05) is 12.6 Å². The predicted octanol–water partition coefficient (Wildman–Crippen LogP) is 2.10. The molecule has 3 nitrogen and oxygen atoms in total. The third-order valence-corrected chi connectivity index (χ3v) is 2.38. The number of carbonyl (C=O) groups is 1. The average Bonchev–Trinajstić information content (AvgIpc) is 2.17. The van der Waals surface area contributed by atoms with Crippen LogP contribution in [0.5, 0.6) is 0 Å². The van der Waals surface area contributed by atoms with Crippen molar-refractivity contribution >= 4 is 11.6 Å². The van der Waals surface area contributed by atoms with Crippen LogP contribution in [-0.4, -0.2) is 12.5 Å². The maximum absolute atomic E-state index is 10.9. The van der Waals surface area contributed by atoms with Crippen LogP contribution in [0.4, 0.5) is 5.69 Å². The van der Waals surface area contributed by atoms with Crippen molar-refractivity contribution in [2.75, 3.05) is 11.9 Å². The third-order valence-electron chi connectivity index (χ3n) is 2.38. The second-order valence-corrected chi connectivity index (χ2v) is 3.79. The second kappa shape index (κ2) is 5.51. The van der Waals surface area contributed by atoms with Crippen LogP contribution in [0.3, 0.4) is 0 Å². The van der Waals surface area contributed by atoms with Crippen LogP contribution in [0.15, 0.2) is 24.3 Å². The van der Waals surface area contributed by atoms with Gasteiger partial charge in [-0.15, -0.1) is 0 Å². The number of carbonyl (C=O) groups excluding carboxylic acids is 1. The first kappa shape index (κ1) is 11.7. The number of rotatable bonds is 4. The highest BCUT2D eigenvalue weighted by molar-refractivity contribution is 5.88. The van der Waals surface area contributed by atoms with E-state index in [1.807, 2.05) is 18.2 Å². The van der Waals surface area contributed by atoms with Crippen LogP contribution in [0.25, 0.3) is 0 Å². The minimum Gasteiger partial charge on any atom is -0.330 e. The lowest BCUT2D eigenvalue weighted by Crippen LogP contribution is -2.07. The Balaban J connectivity index is 2.77. The fourth-order valence-electron chi connectivity index (χ4n) is 1.54. The molecule has 3 heteroatoms. The Kier molecular flexibility index (Phi) is 4.31. The van der Waals surface area contributed by atoms with E-state index in [-0.39, 0.29) is 5.91 Å². The smallest absolute Gasteiger partial charge is 0.221 e. The first-order valence-corrected chi connectivity index (χ1v) is 5.21. The van der Waals surface area contributed by atoms with E-state index in [9.17, 15) is 4.79 Å². The van der Waals surface area contributed by atoms with E-state index in [1.165, 1.54) is 12.5 Å². The molecule has 0 aliphatic heterocycles. The van der Waals surface area contributed by atoms with Crippen LogP contribution < -0.4 is 11.1 Å². The largest absolute Gasteiger partial charge is 0.330 e. The normalized spacial score (nSPS) is 12.2. The Morgan fingerprint density at radius 2 is 2.27 bits per heavy atom. The molecule has 1 atom stereocenters. The molecule has 0 spiro atoms. The summed E-state index contributed by atoms with van der Waals surface area (Å²) in [7, 11) is 0. The highest BCUT2D eigenvalue weighted by atomic mass is 16.1. The van der Waals surface area contributed by atoms with Crippen LogP contribution in [0.2, 0.25) is 0 Å². The van der Waals surface area contributed by atoms with Crippen LogP contribution in [0.1, 0.15) is 31.7 Å². The zero-order chi connectivity index (χ0) is 11.3. The van der Waals surface area contributed by atoms with Gasteiger partial charge in [-0.05, 0) is 36.6 Å². The summed E-state index contributed by atoms with van der Waals surface area (Å²) in [6, 6.07) is 7.90. The van der Waals surface area contributed by atoms with Gasteiger partial charge in [-0.2, -0.15) is 0 Å². The number of hydrogen-bond donors (Lipinski definition) is 2. The first-order chi connectivity index (χ1) is 7.13. The summed E-state index contributed by atoms with van der Waals surface area (Å²) >= 11 is 0. The molecule has 15 heavy (non-hydrogen) atoms. The minimum atomic E-state index is -0.0429. The standard InChI is InChI=1S/C12H18N2O/c1-9(6-7-13)11-4-3-5-12(8-11)14-10(2)15/h3-5,8-9H,6-7,13H2,1-2H3,(H,14,15). The number of nitrogens with one attached hydrogen (secondary N) is 1. The topological polar surface area (TPSA) is 55.1 Å². The summed E-state index contributed by atoms with van der Waals surface area (Å²) in [6.07, 6.45) is 0.962. The zero-order valence-corrected chi connectivity index (χ0v) is 9.29. The molecule has 0 aliphatic carbocycles. The molecule has 1 rings (SSSR count). The quantitative estimate of drug-likeness (QED) is 0.792. The summed E-state index contributed by atoms with van der Waals surface area (Å²) in [5.41, 5.74) is 7.58. The van der Waals surface area contributed by atoms with Gasteiger partial charge in [0.1, 0.15) is 0 Å². The molecule has 3 N–H and O–H groups in total. The molecular weight excluding hydrogens is 188 g/mol. The van der Waals surface area contributed by atoms with Gasteiger partial charge in [0.05, 0.1) is 0 Å². The van der Waals surface area contributed by atoms with Gasteiger partial charge in [0.25, 0.3) is 0 Å². The molecule has 1 aromatic rings. The van der Waals surface area contributed by atoms with Crippen molar-refractivity contribution in [2.24, 2.45) is 5.73 Å². The second-order valence-electron chi connectivity index (χ2n) is 3.79. The molecule has 0 aromatic heterocycles. The Bertz CT molecular complexity index is 336. The zero-order valence-electron chi connectivity index (χ0n) is 9.29. The van der Waals surface area contributed by atoms with Crippen molar-refractivity contribution in [1.82, 2.24) is 0 Å². The lowest BCUT2D eigenvalue weighted by molar-refractivity contribution is -0.114. The van der Waals surface area contributed by atoms with Gasteiger partial charge in [-0.3, -0.25) is 4.79 Å². The molecule has 0 heterocycles. The molecule has 0 bridgehead atoms. The van der Waals surface area contributed by atoms with Crippen LogP contribution in [-0.2, 0) is 4.79 Å². The van der Waals surface area contributed by atoms with E-state index in [2.05, 4.69) is 18.3 Å². The predicted molar refractivity (Wildman–Crippen MR) is 62.8 cm³/mol. The highest BCUT2D eigenvalue weighted by Gasteiger charge is 2.05. The van der Waals surface area contributed by atoms with E-state index >= 15 is 0 Å². The summed E-state index contributed by atoms with van der Waals surface area (Å²) in [5, 5.41) is 2.77. The fraction of sp³-hybridized carbons (Fsp3) is 0.417. The van der Waals surface area contributed by atoms with Crippen molar-refractivity contribution in [1.29, 1.82) is 0 Å². The lowest BCUT2D eigenvalue weighted by Gasteiger charge is -2.12. The van der Waals surface area contributed by atoms with Gasteiger partial charge in [0.2, 0.25) is 5.91 Å². The molecule has 0 saturated carbocycles. The Morgan fingerprint density at radius 1 is 1.53 bits per heavy atom. The van der Waals surface area contributed by atoms with E-state index < -0.39 is 0 Å². The number of amides is 1. The number of benzene rings is 1. The van der Waals surface area contributed by atoms with Gasteiger partial charge < -0.3 is 11.1 Å². The van der Waals surface area contributed by atoms with Crippen molar-refractivity contribution in [3.05, 3.63) is 29.8 Å². The number of anilines is 1. The van der Waals surface area contributed by atoms with Crippen molar-refractivity contribution < 1.29 is 4.79 Å². The maximum Gasteiger partial charge on any atom is 0.221 e. The van der Waals surface area contributed by atoms with Crippen LogP contribution >= 0.6 is 0 Å². The van der Waals surface area contributed by atoms with Gasteiger partial charge in [-0.25, -0.2) is 0 Å². The minimum absolute atomic E-state index is 0.0429. The van der Waals surface area contributed by atoms with Crippen molar-refractivity contribution in [3.63, 3.8) is 0 Å². The average molecular weight is 206 g/mol. The third kappa shape index (κ3) is 3.72. The molecule has 0 aliphatic rings. The van der Waals surface area contributed by atoms with Gasteiger partial charge >= 0.3 is 0 Å². The van der Waals surface area contributed by atoms with Crippen molar-refractivity contribution in [2.45, 2.75) is 26.2 Å². The van der Waals surface area contributed by atoms with Crippen LogP contribution in [0, 0.1) is 0 Å². The lowest BCUT2D eigenvalue weighted by atomic mass is 9.97. The molecule has 1 amide bonds.